The van der Waals surface area contributed by atoms with Crippen molar-refractivity contribution in [3.8, 4) is 5.69 Å². The van der Waals surface area contributed by atoms with Gasteiger partial charge in [0.25, 0.3) is 0 Å². The Morgan fingerprint density at radius 3 is 2.55 bits per heavy atom. The highest BCUT2D eigenvalue weighted by Crippen LogP contribution is 2.18. The van der Waals surface area contributed by atoms with Gasteiger partial charge in [-0.3, -0.25) is 4.79 Å². The van der Waals surface area contributed by atoms with Crippen LogP contribution in [0.15, 0.2) is 47.7 Å². The number of aromatic nitrogens is 2. The summed E-state index contributed by atoms with van der Waals surface area (Å²) in [5, 5.41) is 8.02. The standard InChI is InChI=1S/C21H30N6O.HI/c1-25(2)20(28)14-22-21(24-18-9-7-8-10-18)26(3)15-17-13-23-27(16-17)19-11-5-4-6-12-19;/h4-6,11-13,16,18H,7-10,14-15H2,1-3H3,(H,22,24);1H. The van der Waals surface area contributed by atoms with Crippen LogP contribution in [-0.2, 0) is 11.3 Å². The number of nitrogens with one attached hydrogen (secondary N) is 1. The molecule has 0 spiro atoms. The molecule has 3 rings (SSSR count). The fraction of sp³-hybridized carbons (Fsp3) is 0.476. The number of hydrogen-bond acceptors (Lipinski definition) is 3. The van der Waals surface area contributed by atoms with Crippen molar-refractivity contribution in [2.75, 3.05) is 27.7 Å². The number of likely N-dealkylation sites (N-methyl/N-ethyl adjacent to an activating group) is 1. The largest absolute Gasteiger partial charge is 0.353 e. The second-order valence-electron chi connectivity index (χ2n) is 7.54. The molecule has 1 fully saturated rings. The summed E-state index contributed by atoms with van der Waals surface area (Å²) in [6.45, 7) is 0.817. The highest BCUT2D eigenvalue weighted by molar-refractivity contribution is 14.0. The lowest BCUT2D eigenvalue weighted by Crippen LogP contribution is -2.43. The molecule has 8 heteroatoms. The fourth-order valence-electron chi connectivity index (χ4n) is 3.33. The minimum absolute atomic E-state index is 0. The van der Waals surface area contributed by atoms with Gasteiger partial charge in [-0.1, -0.05) is 31.0 Å². The highest BCUT2D eigenvalue weighted by atomic mass is 127. The minimum Gasteiger partial charge on any atom is -0.353 e. The quantitative estimate of drug-likeness (QED) is 0.369. The Bertz CT molecular complexity index is 799. The average Bonchev–Trinajstić information content (AvgIpc) is 3.37. The molecule has 0 atom stereocenters. The molecule has 1 aliphatic carbocycles. The Labute approximate surface area is 190 Å². The second kappa shape index (κ2) is 11.2. The van der Waals surface area contributed by atoms with Gasteiger partial charge in [-0.2, -0.15) is 5.10 Å². The molecule has 1 aliphatic rings. The number of halogens is 1. The zero-order valence-corrected chi connectivity index (χ0v) is 19.7. The Morgan fingerprint density at radius 1 is 1.21 bits per heavy atom. The first-order chi connectivity index (χ1) is 13.5. The average molecular weight is 510 g/mol. The van der Waals surface area contributed by atoms with Crippen molar-refractivity contribution in [3.63, 3.8) is 0 Å². The number of nitrogens with zero attached hydrogens (tertiary/aromatic N) is 5. The molecule has 0 radical (unpaired) electrons. The van der Waals surface area contributed by atoms with Crippen LogP contribution in [0.2, 0.25) is 0 Å². The maximum atomic E-state index is 12.0. The molecule has 0 bridgehead atoms. The molecule has 1 heterocycles. The summed E-state index contributed by atoms with van der Waals surface area (Å²) in [5.41, 5.74) is 2.12. The van der Waals surface area contributed by atoms with Gasteiger partial charge in [-0.25, -0.2) is 9.67 Å². The number of hydrogen-bond donors (Lipinski definition) is 1. The van der Waals surface area contributed by atoms with Gasteiger partial charge in [0, 0.05) is 45.5 Å². The number of para-hydroxylation sites is 1. The third kappa shape index (κ3) is 6.73. The van der Waals surface area contributed by atoms with E-state index in [0.717, 1.165) is 30.1 Å². The van der Waals surface area contributed by atoms with Crippen molar-refractivity contribution in [3.05, 3.63) is 48.3 Å². The number of rotatable bonds is 6. The van der Waals surface area contributed by atoms with Gasteiger partial charge >= 0.3 is 0 Å². The molecule has 1 N–H and O–H groups in total. The highest BCUT2D eigenvalue weighted by Gasteiger charge is 2.19. The van der Waals surface area contributed by atoms with Crippen molar-refractivity contribution < 1.29 is 4.79 Å². The van der Waals surface area contributed by atoms with E-state index in [0.29, 0.717) is 12.6 Å². The normalized spacial score (nSPS) is 14.4. The monoisotopic (exact) mass is 510 g/mol. The van der Waals surface area contributed by atoms with Crippen molar-refractivity contribution in [2.24, 2.45) is 4.99 Å². The summed E-state index contributed by atoms with van der Waals surface area (Å²) in [6.07, 6.45) is 8.71. The smallest absolute Gasteiger partial charge is 0.243 e. The molecular weight excluding hydrogens is 479 g/mol. The maximum Gasteiger partial charge on any atom is 0.243 e. The van der Waals surface area contributed by atoms with E-state index in [9.17, 15) is 4.79 Å². The molecule has 1 amide bonds. The zero-order chi connectivity index (χ0) is 19.9. The molecule has 29 heavy (non-hydrogen) atoms. The summed E-state index contributed by atoms with van der Waals surface area (Å²) < 4.78 is 1.87. The van der Waals surface area contributed by atoms with Crippen LogP contribution in [0.3, 0.4) is 0 Å². The van der Waals surface area contributed by atoms with Gasteiger partial charge in [-0.05, 0) is 25.0 Å². The molecule has 1 saturated carbocycles. The SMILES string of the molecule is CN(C)C(=O)CN=C(NC1CCCC1)N(C)Cc1cnn(-c2ccccc2)c1.I. The molecule has 1 aromatic carbocycles. The van der Waals surface area contributed by atoms with E-state index in [1.54, 1.807) is 19.0 Å². The lowest BCUT2D eigenvalue weighted by Gasteiger charge is -2.25. The summed E-state index contributed by atoms with van der Waals surface area (Å²) >= 11 is 0. The van der Waals surface area contributed by atoms with E-state index in [1.165, 1.54) is 12.8 Å². The summed E-state index contributed by atoms with van der Waals surface area (Å²) in [6, 6.07) is 10.5. The van der Waals surface area contributed by atoms with Crippen LogP contribution in [-0.4, -0.2) is 65.2 Å². The summed E-state index contributed by atoms with van der Waals surface area (Å²) in [5.74, 6) is 0.769. The fourth-order valence-corrected chi connectivity index (χ4v) is 3.33. The Hall–Kier alpha value is -2.10. The molecule has 0 unspecified atom stereocenters. The van der Waals surface area contributed by atoms with E-state index < -0.39 is 0 Å². The number of carbonyl (C=O) groups is 1. The van der Waals surface area contributed by atoms with Gasteiger partial charge in [-0.15, -0.1) is 24.0 Å². The molecule has 2 aromatic rings. The summed E-state index contributed by atoms with van der Waals surface area (Å²) in [4.78, 5) is 20.2. The van der Waals surface area contributed by atoms with Gasteiger partial charge in [0.2, 0.25) is 5.91 Å². The Kier molecular flexibility index (Phi) is 8.94. The van der Waals surface area contributed by atoms with Crippen molar-refractivity contribution in [1.29, 1.82) is 0 Å². The van der Waals surface area contributed by atoms with Crippen molar-refractivity contribution in [1.82, 2.24) is 24.9 Å². The lowest BCUT2D eigenvalue weighted by atomic mass is 10.2. The predicted molar refractivity (Wildman–Crippen MR) is 127 cm³/mol. The van der Waals surface area contributed by atoms with E-state index in [2.05, 4.69) is 20.3 Å². The molecule has 1 aromatic heterocycles. The number of carbonyl (C=O) groups excluding carboxylic acids is 1. The van der Waals surface area contributed by atoms with Crippen LogP contribution in [0.4, 0.5) is 0 Å². The third-order valence-electron chi connectivity index (χ3n) is 4.99. The van der Waals surface area contributed by atoms with Crippen LogP contribution < -0.4 is 5.32 Å². The van der Waals surface area contributed by atoms with Gasteiger partial charge in [0.05, 0.1) is 11.9 Å². The van der Waals surface area contributed by atoms with Gasteiger partial charge < -0.3 is 15.1 Å². The van der Waals surface area contributed by atoms with E-state index >= 15 is 0 Å². The number of benzene rings is 1. The first kappa shape index (κ1) is 23.2. The van der Waals surface area contributed by atoms with E-state index in [4.69, 9.17) is 0 Å². The van der Waals surface area contributed by atoms with Crippen LogP contribution in [0.1, 0.15) is 31.2 Å². The van der Waals surface area contributed by atoms with Crippen molar-refractivity contribution in [2.45, 2.75) is 38.3 Å². The topological polar surface area (TPSA) is 65.8 Å². The van der Waals surface area contributed by atoms with Gasteiger partial charge in [0.15, 0.2) is 5.96 Å². The molecular formula is C21H31IN6O. The van der Waals surface area contributed by atoms with Crippen LogP contribution in [0, 0.1) is 0 Å². The third-order valence-corrected chi connectivity index (χ3v) is 4.99. The Morgan fingerprint density at radius 2 is 1.90 bits per heavy atom. The molecule has 7 nitrogen and oxygen atoms in total. The minimum atomic E-state index is -0.00369. The number of aliphatic imine (C=N–C) groups is 1. The lowest BCUT2D eigenvalue weighted by molar-refractivity contribution is -0.127. The zero-order valence-electron chi connectivity index (χ0n) is 17.4. The second-order valence-corrected chi connectivity index (χ2v) is 7.54. The van der Waals surface area contributed by atoms with Crippen LogP contribution in [0.25, 0.3) is 5.69 Å². The molecule has 158 valence electrons. The molecule has 0 aliphatic heterocycles. The van der Waals surface area contributed by atoms with Crippen molar-refractivity contribution >= 4 is 35.8 Å². The molecule has 0 saturated heterocycles. The number of guanidine groups is 1. The van der Waals surface area contributed by atoms with Crippen LogP contribution >= 0.6 is 24.0 Å². The predicted octanol–water partition coefficient (Wildman–Crippen LogP) is 2.90. The van der Waals surface area contributed by atoms with E-state index in [-0.39, 0.29) is 36.4 Å². The Balaban J connectivity index is 0.00000300. The van der Waals surface area contributed by atoms with E-state index in [1.807, 2.05) is 54.5 Å². The number of amides is 1. The first-order valence-electron chi connectivity index (χ1n) is 9.84. The van der Waals surface area contributed by atoms with Crippen LogP contribution in [0.5, 0.6) is 0 Å². The summed E-state index contributed by atoms with van der Waals surface area (Å²) in [7, 11) is 5.51. The first-order valence-corrected chi connectivity index (χ1v) is 9.84. The van der Waals surface area contributed by atoms with Gasteiger partial charge in [0.1, 0.15) is 6.54 Å². The maximum absolute atomic E-state index is 12.0.